The number of hydrazone groups is 1. The van der Waals surface area contributed by atoms with Crippen molar-refractivity contribution in [2.45, 2.75) is 13.3 Å². The van der Waals surface area contributed by atoms with Crippen molar-refractivity contribution in [2.75, 3.05) is 6.61 Å². The number of halogens is 1. The van der Waals surface area contributed by atoms with Gasteiger partial charge in [0.25, 0.3) is 5.91 Å². The molecule has 1 amide bonds. The number of benzene rings is 2. The summed E-state index contributed by atoms with van der Waals surface area (Å²) in [6, 6.07) is 13.7. The summed E-state index contributed by atoms with van der Waals surface area (Å²) in [7, 11) is 0. The van der Waals surface area contributed by atoms with Gasteiger partial charge in [-0.3, -0.25) is 4.79 Å². The van der Waals surface area contributed by atoms with Crippen LogP contribution in [0.25, 0.3) is 0 Å². The van der Waals surface area contributed by atoms with Crippen LogP contribution in [-0.4, -0.2) is 18.7 Å². The van der Waals surface area contributed by atoms with E-state index in [1.165, 1.54) is 12.3 Å². The van der Waals surface area contributed by atoms with E-state index in [9.17, 15) is 9.18 Å². The third-order valence-corrected chi connectivity index (χ3v) is 3.01. The van der Waals surface area contributed by atoms with Gasteiger partial charge in [-0.2, -0.15) is 5.10 Å². The maximum absolute atomic E-state index is 13.3. The first kappa shape index (κ1) is 15.7. The predicted molar refractivity (Wildman–Crippen MR) is 83.5 cm³/mol. The van der Waals surface area contributed by atoms with Crippen LogP contribution in [0.5, 0.6) is 5.75 Å². The lowest BCUT2D eigenvalue weighted by molar-refractivity contribution is -0.123. The first-order chi connectivity index (χ1) is 10.7. The monoisotopic (exact) mass is 300 g/mol. The van der Waals surface area contributed by atoms with E-state index in [0.717, 1.165) is 12.0 Å². The van der Waals surface area contributed by atoms with E-state index in [-0.39, 0.29) is 6.61 Å². The molecule has 5 heteroatoms. The topological polar surface area (TPSA) is 50.7 Å². The van der Waals surface area contributed by atoms with Gasteiger partial charge in [-0.1, -0.05) is 43.3 Å². The maximum Gasteiger partial charge on any atom is 0.277 e. The minimum absolute atomic E-state index is 0.147. The van der Waals surface area contributed by atoms with Crippen LogP contribution in [0, 0.1) is 5.82 Å². The van der Waals surface area contributed by atoms with Crippen molar-refractivity contribution in [1.29, 1.82) is 0 Å². The highest BCUT2D eigenvalue weighted by atomic mass is 19.1. The van der Waals surface area contributed by atoms with Crippen LogP contribution in [0.15, 0.2) is 53.6 Å². The lowest BCUT2D eigenvalue weighted by atomic mass is 10.1. The number of aryl methyl sites for hydroxylation is 1. The summed E-state index contributed by atoms with van der Waals surface area (Å²) in [5, 5.41) is 3.71. The van der Waals surface area contributed by atoms with Gasteiger partial charge in [0.2, 0.25) is 0 Å². The Labute approximate surface area is 128 Å². The molecule has 114 valence electrons. The van der Waals surface area contributed by atoms with E-state index in [0.29, 0.717) is 11.3 Å². The van der Waals surface area contributed by atoms with E-state index in [4.69, 9.17) is 4.74 Å². The Bertz CT molecular complexity index is 671. The van der Waals surface area contributed by atoms with Crippen molar-refractivity contribution in [3.8, 4) is 5.75 Å². The average Bonchev–Trinajstić information content (AvgIpc) is 2.55. The summed E-state index contributed by atoms with van der Waals surface area (Å²) in [6.45, 7) is 1.87. The van der Waals surface area contributed by atoms with Gasteiger partial charge in [-0.05, 0) is 24.1 Å². The molecule has 0 aromatic heterocycles. The van der Waals surface area contributed by atoms with Crippen molar-refractivity contribution >= 4 is 12.1 Å². The number of carbonyl (C=O) groups is 1. The fraction of sp³-hybridized carbons (Fsp3) is 0.176. The number of rotatable bonds is 6. The Balaban J connectivity index is 1.85. The number of hydrogen-bond donors (Lipinski definition) is 1. The normalized spacial score (nSPS) is 10.6. The molecule has 0 spiro atoms. The fourth-order valence-electron chi connectivity index (χ4n) is 1.87. The molecule has 2 rings (SSSR count). The summed E-state index contributed by atoms with van der Waals surface area (Å²) in [4.78, 5) is 11.6. The molecule has 0 heterocycles. The van der Waals surface area contributed by atoms with Crippen molar-refractivity contribution in [3.05, 3.63) is 65.5 Å². The molecule has 0 saturated carbocycles. The predicted octanol–water partition coefficient (Wildman–Crippen LogP) is 2.92. The van der Waals surface area contributed by atoms with E-state index < -0.39 is 11.7 Å². The van der Waals surface area contributed by atoms with E-state index >= 15 is 0 Å². The summed E-state index contributed by atoms with van der Waals surface area (Å²) < 4.78 is 18.8. The van der Waals surface area contributed by atoms with Gasteiger partial charge in [-0.25, -0.2) is 9.82 Å². The van der Waals surface area contributed by atoms with Crippen LogP contribution in [0.1, 0.15) is 18.1 Å². The van der Waals surface area contributed by atoms with Crippen LogP contribution < -0.4 is 10.2 Å². The Morgan fingerprint density at radius 2 is 1.95 bits per heavy atom. The highest BCUT2D eigenvalue weighted by Crippen LogP contribution is 2.17. The van der Waals surface area contributed by atoms with Crippen LogP contribution in [0.4, 0.5) is 4.39 Å². The molecular formula is C17H17FN2O2. The van der Waals surface area contributed by atoms with Crippen LogP contribution >= 0.6 is 0 Å². The zero-order valence-electron chi connectivity index (χ0n) is 12.3. The van der Waals surface area contributed by atoms with Crippen molar-refractivity contribution in [3.63, 3.8) is 0 Å². The molecule has 0 saturated heterocycles. The van der Waals surface area contributed by atoms with Gasteiger partial charge < -0.3 is 4.74 Å². The van der Waals surface area contributed by atoms with Gasteiger partial charge in [-0.15, -0.1) is 0 Å². The van der Waals surface area contributed by atoms with Gasteiger partial charge in [0.15, 0.2) is 6.61 Å². The smallest absolute Gasteiger partial charge is 0.277 e. The van der Waals surface area contributed by atoms with E-state index in [1.807, 2.05) is 31.2 Å². The number of amides is 1. The van der Waals surface area contributed by atoms with E-state index in [1.54, 1.807) is 18.2 Å². The highest BCUT2D eigenvalue weighted by molar-refractivity contribution is 5.83. The van der Waals surface area contributed by atoms with Crippen LogP contribution in [0.3, 0.4) is 0 Å². The van der Waals surface area contributed by atoms with Crippen molar-refractivity contribution in [1.82, 2.24) is 5.43 Å². The summed E-state index contributed by atoms with van der Waals surface area (Å²) in [5.41, 5.74) is 3.64. The number of para-hydroxylation sites is 1. The second kappa shape index (κ2) is 7.93. The zero-order chi connectivity index (χ0) is 15.8. The number of carbonyl (C=O) groups excluding carboxylic acids is 1. The fourth-order valence-corrected chi connectivity index (χ4v) is 1.87. The van der Waals surface area contributed by atoms with Gasteiger partial charge >= 0.3 is 0 Å². The highest BCUT2D eigenvalue weighted by Gasteiger charge is 2.04. The molecule has 22 heavy (non-hydrogen) atoms. The van der Waals surface area contributed by atoms with Gasteiger partial charge in [0, 0.05) is 5.56 Å². The Kier molecular flexibility index (Phi) is 5.65. The maximum atomic E-state index is 13.3. The number of nitrogens with one attached hydrogen (secondary N) is 1. The number of hydrogen-bond acceptors (Lipinski definition) is 3. The zero-order valence-corrected chi connectivity index (χ0v) is 12.3. The minimum Gasteiger partial charge on any atom is -0.483 e. The quantitative estimate of drug-likeness (QED) is 0.659. The second-order valence-corrected chi connectivity index (χ2v) is 4.56. The SMILES string of the molecule is CCc1ccccc1OCC(=O)N/N=C/c1ccccc1F. The molecule has 0 atom stereocenters. The standard InChI is InChI=1S/C17H17FN2O2/c1-2-13-7-4-6-10-16(13)22-12-17(21)20-19-11-14-8-3-5-9-15(14)18/h3-11H,2,12H2,1H3,(H,20,21)/b19-11+. The van der Waals surface area contributed by atoms with Crippen molar-refractivity contribution in [2.24, 2.45) is 5.10 Å². The Morgan fingerprint density at radius 1 is 1.23 bits per heavy atom. The first-order valence-corrected chi connectivity index (χ1v) is 6.98. The van der Waals surface area contributed by atoms with Crippen LogP contribution in [0.2, 0.25) is 0 Å². The average molecular weight is 300 g/mol. The Morgan fingerprint density at radius 3 is 2.73 bits per heavy atom. The molecule has 0 aliphatic carbocycles. The molecule has 0 fully saturated rings. The third kappa shape index (κ3) is 4.41. The largest absolute Gasteiger partial charge is 0.483 e. The summed E-state index contributed by atoms with van der Waals surface area (Å²) in [6.07, 6.45) is 2.08. The minimum atomic E-state index is -0.404. The molecule has 0 aliphatic rings. The molecule has 2 aromatic rings. The first-order valence-electron chi connectivity index (χ1n) is 6.98. The number of nitrogens with zero attached hydrogens (tertiary/aromatic N) is 1. The second-order valence-electron chi connectivity index (χ2n) is 4.56. The molecule has 0 bridgehead atoms. The van der Waals surface area contributed by atoms with E-state index in [2.05, 4.69) is 10.5 Å². The molecule has 1 N–H and O–H groups in total. The van der Waals surface area contributed by atoms with Crippen molar-refractivity contribution < 1.29 is 13.9 Å². The molecule has 0 aliphatic heterocycles. The summed E-state index contributed by atoms with van der Waals surface area (Å²) >= 11 is 0. The number of ether oxygens (including phenoxy) is 1. The molecular weight excluding hydrogens is 283 g/mol. The third-order valence-electron chi connectivity index (χ3n) is 3.01. The van der Waals surface area contributed by atoms with Crippen LogP contribution in [-0.2, 0) is 11.2 Å². The summed E-state index contributed by atoms with van der Waals surface area (Å²) in [5.74, 6) is -0.120. The van der Waals surface area contributed by atoms with Gasteiger partial charge in [0.05, 0.1) is 6.21 Å². The molecule has 4 nitrogen and oxygen atoms in total. The molecule has 0 radical (unpaired) electrons. The lowest BCUT2D eigenvalue weighted by Crippen LogP contribution is -2.24. The van der Waals surface area contributed by atoms with Gasteiger partial charge in [0.1, 0.15) is 11.6 Å². The Hall–Kier alpha value is -2.69. The molecule has 0 unspecified atom stereocenters. The molecule has 2 aromatic carbocycles. The lowest BCUT2D eigenvalue weighted by Gasteiger charge is -2.08.